The molecule has 3 N–H and O–H groups in total. The molecular formula is C10H10Cl2N4. The fraction of sp³-hybridized carbons (Fsp3) is 0.200. The van der Waals surface area contributed by atoms with E-state index in [1.807, 2.05) is 0 Å². The van der Waals surface area contributed by atoms with Gasteiger partial charge in [0, 0.05) is 10.0 Å². The van der Waals surface area contributed by atoms with Gasteiger partial charge < -0.3 is 5.73 Å². The van der Waals surface area contributed by atoms with Gasteiger partial charge in [0.05, 0.1) is 6.04 Å². The maximum atomic E-state index is 6.05. The van der Waals surface area contributed by atoms with Crippen molar-refractivity contribution in [1.29, 1.82) is 0 Å². The fourth-order valence-electron chi connectivity index (χ4n) is 1.44. The van der Waals surface area contributed by atoms with Gasteiger partial charge in [-0.1, -0.05) is 29.3 Å². The van der Waals surface area contributed by atoms with Gasteiger partial charge in [0.1, 0.15) is 12.2 Å². The maximum absolute atomic E-state index is 6.05. The van der Waals surface area contributed by atoms with Crippen molar-refractivity contribution in [2.75, 3.05) is 0 Å². The number of H-pyrrole nitrogens is 1. The van der Waals surface area contributed by atoms with Gasteiger partial charge in [0.25, 0.3) is 0 Å². The van der Waals surface area contributed by atoms with Gasteiger partial charge in [-0.2, -0.15) is 5.10 Å². The highest BCUT2D eigenvalue weighted by Crippen LogP contribution is 2.27. The Balaban J connectivity index is 2.21. The predicted octanol–water partition coefficient (Wildman–Crippen LogP) is 2.35. The van der Waals surface area contributed by atoms with Crippen LogP contribution < -0.4 is 5.73 Å². The van der Waals surface area contributed by atoms with Gasteiger partial charge in [0.2, 0.25) is 0 Å². The van der Waals surface area contributed by atoms with E-state index in [1.165, 1.54) is 6.33 Å². The molecule has 2 aromatic rings. The van der Waals surface area contributed by atoms with Gasteiger partial charge in [-0.05, 0) is 24.1 Å². The van der Waals surface area contributed by atoms with Crippen LogP contribution in [0.15, 0.2) is 24.5 Å². The molecule has 4 nitrogen and oxygen atoms in total. The number of rotatable bonds is 3. The summed E-state index contributed by atoms with van der Waals surface area (Å²) < 4.78 is 0. The molecule has 0 aliphatic carbocycles. The molecule has 0 amide bonds. The quantitative estimate of drug-likeness (QED) is 0.886. The Hall–Kier alpha value is -1.10. The zero-order valence-electron chi connectivity index (χ0n) is 8.32. The molecule has 0 saturated carbocycles. The third-order valence-corrected chi connectivity index (χ3v) is 2.98. The first kappa shape index (κ1) is 11.4. The minimum Gasteiger partial charge on any atom is -0.321 e. The van der Waals surface area contributed by atoms with Crippen molar-refractivity contribution in [3.05, 3.63) is 46.0 Å². The monoisotopic (exact) mass is 256 g/mol. The first-order chi connectivity index (χ1) is 7.68. The average Bonchev–Trinajstić information content (AvgIpc) is 2.76. The molecule has 6 heteroatoms. The van der Waals surface area contributed by atoms with Crippen molar-refractivity contribution >= 4 is 23.2 Å². The second-order valence-corrected chi connectivity index (χ2v) is 4.20. The van der Waals surface area contributed by atoms with Crippen molar-refractivity contribution in [3.63, 3.8) is 0 Å². The van der Waals surface area contributed by atoms with Crippen molar-refractivity contribution < 1.29 is 0 Å². The highest BCUT2D eigenvalue weighted by atomic mass is 35.5. The van der Waals surface area contributed by atoms with Crippen LogP contribution in [0, 0.1) is 0 Å². The van der Waals surface area contributed by atoms with Crippen LogP contribution in [0.25, 0.3) is 0 Å². The summed E-state index contributed by atoms with van der Waals surface area (Å²) in [7, 11) is 0. The third kappa shape index (κ3) is 2.35. The first-order valence-electron chi connectivity index (χ1n) is 4.72. The number of benzene rings is 1. The highest BCUT2D eigenvalue weighted by Gasteiger charge is 2.14. The van der Waals surface area contributed by atoms with Crippen LogP contribution in [0.1, 0.15) is 17.4 Å². The summed E-state index contributed by atoms with van der Waals surface area (Å²) in [5.41, 5.74) is 6.79. The lowest BCUT2D eigenvalue weighted by Gasteiger charge is -2.11. The van der Waals surface area contributed by atoms with Gasteiger partial charge >= 0.3 is 0 Å². The van der Waals surface area contributed by atoms with E-state index in [2.05, 4.69) is 15.2 Å². The van der Waals surface area contributed by atoms with Crippen molar-refractivity contribution in [3.8, 4) is 0 Å². The van der Waals surface area contributed by atoms with Crippen molar-refractivity contribution in [2.45, 2.75) is 12.5 Å². The summed E-state index contributed by atoms with van der Waals surface area (Å²) in [6.07, 6.45) is 1.94. The molecule has 1 heterocycles. The van der Waals surface area contributed by atoms with E-state index in [-0.39, 0.29) is 6.04 Å². The molecule has 0 radical (unpaired) electrons. The number of hydrogen-bond acceptors (Lipinski definition) is 3. The summed E-state index contributed by atoms with van der Waals surface area (Å²) in [5.74, 6) is 0.621. The Morgan fingerprint density at radius 1 is 1.31 bits per heavy atom. The van der Waals surface area contributed by atoms with E-state index >= 15 is 0 Å². The topological polar surface area (TPSA) is 67.6 Å². The first-order valence-corrected chi connectivity index (χ1v) is 5.48. The number of hydrogen-bond donors (Lipinski definition) is 2. The lowest BCUT2D eigenvalue weighted by molar-refractivity contribution is 0.671. The van der Waals surface area contributed by atoms with Crippen LogP contribution in [-0.4, -0.2) is 15.2 Å². The molecule has 0 fully saturated rings. The zero-order valence-corrected chi connectivity index (χ0v) is 9.83. The SMILES string of the molecule is NC(Cc1c(Cl)cccc1Cl)c1ncn[nH]1. The van der Waals surface area contributed by atoms with E-state index in [4.69, 9.17) is 28.9 Å². The molecule has 2 rings (SSSR count). The Labute approximate surface area is 103 Å². The smallest absolute Gasteiger partial charge is 0.141 e. The fourth-order valence-corrected chi connectivity index (χ4v) is 1.99. The van der Waals surface area contributed by atoms with Gasteiger partial charge in [-0.3, -0.25) is 5.10 Å². The van der Waals surface area contributed by atoms with Gasteiger partial charge in [-0.15, -0.1) is 0 Å². The molecule has 0 bridgehead atoms. The molecule has 0 aliphatic rings. The zero-order chi connectivity index (χ0) is 11.5. The molecule has 0 saturated heterocycles. The highest BCUT2D eigenvalue weighted by molar-refractivity contribution is 6.35. The average molecular weight is 257 g/mol. The summed E-state index contributed by atoms with van der Waals surface area (Å²) in [6.45, 7) is 0. The lowest BCUT2D eigenvalue weighted by Crippen LogP contribution is -2.15. The van der Waals surface area contributed by atoms with Crippen LogP contribution >= 0.6 is 23.2 Å². The second kappa shape index (κ2) is 4.82. The third-order valence-electron chi connectivity index (χ3n) is 2.27. The summed E-state index contributed by atoms with van der Waals surface area (Å²) in [4.78, 5) is 3.99. The summed E-state index contributed by atoms with van der Waals surface area (Å²) in [6, 6.07) is 5.08. The Morgan fingerprint density at radius 3 is 2.56 bits per heavy atom. The van der Waals surface area contributed by atoms with E-state index in [1.54, 1.807) is 18.2 Å². The number of aromatic nitrogens is 3. The Bertz CT molecular complexity index is 449. The number of halogens is 2. The van der Waals surface area contributed by atoms with Crippen LogP contribution in [0.3, 0.4) is 0 Å². The summed E-state index contributed by atoms with van der Waals surface area (Å²) >= 11 is 12.1. The minimum atomic E-state index is -0.292. The molecule has 1 aromatic carbocycles. The van der Waals surface area contributed by atoms with Crippen LogP contribution in [0.2, 0.25) is 10.0 Å². The van der Waals surface area contributed by atoms with Crippen molar-refractivity contribution in [2.24, 2.45) is 5.73 Å². The molecule has 84 valence electrons. The van der Waals surface area contributed by atoms with Gasteiger partial charge in [0.15, 0.2) is 0 Å². The van der Waals surface area contributed by atoms with E-state index in [9.17, 15) is 0 Å². The molecule has 0 spiro atoms. The van der Waals surface area contributed by atoms with Crippen molar-refractivity contribution in [1.82, 2.24) is 15.2 Å². The predicted molar refractivity (Wildman–Crippen MR) is 63.5 cm³/mol. The van der Waals surface area contributed by atoms with Crippen LogP contribution in [0.4, 0.5) is 0 Å². The molecule has 0 aliphatic heterocycles. The Morgan fingerprint density at radius 2 is 2.00 bits per heavy atom. The minimum absolute atomic E-state index is 0.292. The molecule has 1 atom stereocenters. The normalized spacial score (nSPS) is 12.7. The van der Waals surface area contributed by atoms with E-state index < -0.39 is 0 Å². The van der Waals surface area contributed by atoms with E-state index in [0.717, 1.165) is 5.56 Å². The largest absolute Gasteiger partial charge is 0.321 e. The van der Waals surface area contributed by atoms with E-state index in [0.29, 0.717) is 22.3 Å². The molecule has 16 heavy (non-hydrogen) atoms. The van der Waals surface area contributed by atoms with Crippen LogP contribution in [0.5, 0.6) is 0 Å². The van der Waals surface area contributed by atoms with Crippen LogP contribution in [-0.2, 0) is 6.42 Å². The summed E-state index contributed by atoms with van der Waals surface area (Å²) in [5, 5.41) is 7.70. The lowest BCUT2D eigenvalue weighted by atomic mass is 10.1. The molecule has 1 unspecified atom stereocenters. The van der Waals surface area contributed by atoms with Gasteiger partial charge in [-0.25, -0.2) is 4.98 Å². The Kier molecular flexibility index (Phi) is 3.43. The number of nitrogens with two attached hydrogens (primary N) is 1. The molecular weight excluding hydrogens is 247 g/mol. The maximum Gasteiger partial charge on any atom is 0.141 e. The number of nitrogens with one attached hydrogen (secondary N) is 1. The standard InChI is InChI=1S/C10H10Cl2N4/c11-7-2-1-3-8(12)6(7)4-9(13)10-14-5-15-16-10/h1-3,5,9H,4,13H2,(H,14,15,16). The number of aromatic amines is 1. The molecule has 1 aromatic heterocycles. The number of nitrogens with zero attached hydrogens (tertiary/aromatic N) is 2. The second-order valence-electron chi connectivity index (χ2n) is 3.38.